The second-order valence-electron chi connectivity index (χ2n) is 4.09. The minimum atomic E-state index is -0.0541. The van der Waals surface area contributed by atoms with Crippen LogP contribution in [0.1, 0.15) is 11.3 Å². The highest BCUT2D eigenvalue weighted by molar-refractivity contribution is 5.52. The number of aliphatic hydroxyl groups excluding tert-OH is 1. The Kier molecular flexibility index (Phi) is 3.87. The molecule has 0 bridgehead atoms. The number of nitrogens with zero attached hydrogens (tertiary/aromatic N) is 1. The van der Waals surface area contributed by atoms with Gasteiger partial charge in [0.2, 0.25) is 5.88 Å². The standard InChI is InChI=1S/C14H16N2O3/c1-9-3-5-11(15)14(16-9)19-12-6-4-10(8-17)7-13(12)18-2/h3-7,17H,8,15H2,1-2H3. The van der Waals surface area contributed by atoms with Gasteiger partial charge in [-0.25, -0.2) is 4.98 Å². The highest BCUT2D eigenvalue weighted by Gasteiger charge is 2.10. The summed E-state index contributed by atoms with van der Waals surface area (Å²) in [5, 5.41) is 9.09. The number of nitrogens with two attached hydrogens (primary N) is 1. The van der Waals surface area contributed by atoms with Gasteiger partial charge in [-0.1, -0.05) is 6.07 Å². The van der Waals surface area contributed by atoms with E-state index in [0.29, 0.717) is 23.1 Å². The van der Waals surface area contributed by atoms with Crippen molar-refractivity contribution in [1.82, 2.24) is 4.98 Å². The zero-order chi connectivity index (χ0) is 13.8. The highest BCUT2D eigenvalue weighted by atomic mass is 16.5. The Balaban J connectivity index is 2.35. The van der Waals surface area contributed by atoms with Crippen LogP contribution < -0.4 is 15.2 Å². The van der Waals surface area contributed by atoms with E-state index >= 15 is 0 Å². The molecule has 0 unspecified atom stereocenters. The van der Waals surface area contributed by atoms with Crippen LogP contribution in [0.5, 0.6) is 17.4 Å². The van der Waals surface area contributed by atoms with Crippen LogP contribution in [0.4, 0.5) is 5.69 Å². The quantitative estimate of drug-likeness (QED) is 0.881. The number of anilines is 1. The van der Waals surface area contributed by atoms with E-state index < -0.39 is 0 Å². The molecule has 100 valence electrons. The van der Waals surface area contributed by atoms with Crippen molar-refractivity contribution in [3.63, 3.8) is 0 Å². The Morgan fingerprint density at radius 2 is 2.00 bits per heavy atom. The van der Waals surface area contributed by atoms with Crippen molar-refractivity contribution in [1.29, 1.82) is 0 Å². The Labute approximate surface area is 111 Å². The maximum atomic E-state index is 9.09. The van der Waals surface area contributed by atoms with Gasteiger partial charge in [0, 0.05) is 5.69 Å². The minimum absolute atomic E-state index is 0.0541. The molecule has 2 rings (SSSR count). The van der Waals surface area contributed by atoms with Gasteiger partial charge in [-0.15, -0.1) is 0 Å². The monoisotopic (exact) mass is 260 g/mol. The van der Waals surface area contributed by atoms with Crippen LogP contribution >= 0.6 is 0 Å². The zero-order valence-electron chi connectivity index (χ0n) is 10.9. The van der Waals surface area contributed by atoms with E-state index in [1.165, 1.54) is 7.11 Å². The Hall–Kier alpha value is -2.27. The normalized spacial score (nSPS) is 10.3. The molecule has 1 aromatic carbocycles. The van der Waals surface area contributed by atoms with E-state index in [4.69, 9.17) is 20.3 Å². The molecule has 0 spiro atoms. The van der Waals surface area contributed by atoms with E-state index in [1.54, 1.807) is 24.3 Å². The van der Waals surface area contributed by atoms with Gasteiger partial charge in [-0.05, 0) is 36.8 Å². The minimum Gasteiger partial charge on any atom is -0.493 e. The SMILES string of the molecule is COc1cc(CO)ccc1Oc1nc(C)ccc1N. The van der Waals surface area contributed by atoms with Gasteiger partial charge in [0.05, 0.1) is 19.4 Å². The average molecular weight is 260 g/mol. The van der Waals surface area contributed by atoms with Gasteiger partial charge < -0.3 is 20.3 Å². The third-order valence-electron chi connectivity index (χ3n) is 2.65. The molecular formula is C14H16N2O3. The van der Waals surface area contributed by atoms with Crippen LogP contribution in [-0.4, -0.2) is 17.2 Å². The maximum absolute atomic E-state index is 9.09. The second-order valence-corrected chi connectivity index (χ2v) is 4.09. The number of rotatable bonds is 4. The molecule has 0 atom stereocenters. The fourth-order valence-corrected chi connectivity index (χ4v) is 1.62. The van der Waals surface area contributed by atoms with Crippen LogP contribution in [0.15, 0.2) is 30.3 Å². The largest absolute Gasteiger partial charge is 0.493 e. The maximum Gasteiger partial charge on any atom is 0.243 e. The first-order valence-corrected chi connectivity index (χ1v) is 5.83. The van der Waals surface area contributed by atoms with E-state index in [2.05, 4.69) is 4.98 Å². The number of aryl methyl sites for hydroxylation is 1. The lowest BCUT2D eigenvalue weighted by atomic mass is 10.2. The Bertz CT molecular complexity index is 585. The second kappa shape index (κ2) is 5.58. The molecule has 5 nitrogen and oxygen atoms in total. The van der Waals surface area contributed by atoms with Gasteiger partial charge >= 0.3 is 0 Å². The molecule has 2 aromatic rings. The number of pyridine rings is 1. The van der Waals surface area contributed by atoms with Crippen molar-refractivity contribution in [2.24, 2.45) is 0 Å². The number of methoxy groups -OCH3 is 1. The predicted molar refractivity (Wildman–Crippen MR) is 72.4 cm³/mol. The lowest BCUT2D eigenvalue weighted by Gasteiger charge is -2.12. The molecule has 1 heterocycles. The molecule has 3 N–H and O–H groups in total. The summed E-state index contributed by atoms with van der Waals surface area (Å²) in [6.45, 7) is 1.81. The van der Waals surface area contributed by atoms with Crippen molar-refractivity contribution in [2.45, 2.75) is 13.5 Å². The molecule has 1 aromatic heterocycles. The van der Waals surface area contributed by atoms with E-state index in [1.807, 2.05) is 13.0 Å². The van der Waals surface area contributed by atoms with Gasteiger partial charge in [0.15, 0.2) is 11.5 Å². The van der Waals surface area contributed by atoms with Crippen molar-refractivity contribution in [2.75, 3.05) is 12.8 Å². The first-order valence-electron chi connectivity index (χ1n) is 5.83. The molecule has 19 heavy (non-hydrogen) atoms. The molecule has 0 saturated heterocycles. The van der Waals surface area contributed by atoms with E-state index in [9.17, 15) is 0 Å². The molecule has 0 saturated carbocycles. The van der Waals surface area contributed by atoms with E-state index in [-0.39, 0.29) is 6.61 Å². The number of aliphatic hydroxyl groups is 1. The molecular weight excluding hydrogens is 244 g/mol. The fraction of sp³-hybridized carbons (Fsp3) is 0.214. The summed E-state index contributed by atoms with van der Waals surface area (Å²) in [6.07, 6.45) is 0. The number of hydrogen-bond donors (Lipinski definition) is 2. The van der Waals surface area contributed by atoms with Crippen molar-refractivity contribution in [3.05, 3.63) is 41.6 Å². The average Bonchev–Trinajstić information content (AvgIpc) is 2.43. The molecule has 0 radical (unpaired) electrons. The van der Waals surface area contributed by atoms with Gasteiger partial charge in [0.25, 0.3) is 0 Å². The molecule has 0 aliphatic carbocycles. The van der Waals surface area contributed by atoms with Gasteiger partial charge in [-0.3, -0.25) is 0 Å². The lowest BCUT2D eigenvalue weighted by molar-refractivity contribution is 0.280. The van der Waals surface area contributed by atoms with Crippen LogP contribution in [0.25, 0.3) is 0 Å². The topological polar surface area (TPSA) is 77.6 Å². The van der Waals surface area contributed by atoms with Crippen LogP contribution in [0.2, 0.25) is 0 Å². The molecule has 5 heteroatoms. The van der Waals surface area contributed by atoms with Gasteiger partial charge in [0.1, 0.15) is 0 Å². The first kappa shape index (κ1) is 13.2. The predicted octanol–water partition coefficient (Wildman–Crippen LogP) is 2.27. The number of benzene rings is 1. The van der Waals surface area contributed by atoms with Crippen molar-refractivity contribution in [3.8, 4) is 17.4 Å². The molecule has 0 amide bonds. The third-order valence-corrected chi connectivity index (χ3v) is 2.65. The first-order chi connectivity index (χ1) is 9.13. The molecule has 0 aliphatic rings. The van der Waals surface area contributed by atoms with E-state index in [0.717, 1.165) is 11.3 Å². The van der Waals surface area contributed by atoms with Gasteiger partial charge in [-0.2, -0.15) is 0 Å². The summed E-state index contributed by atoms with van der Waals surface area (Å²) in [5.74, 6) is 1.37. The highest BCUT2D eigenvalue weighted by Crippen LogP contribution is 2.33. The Morgan fingerprint density at radius 1 is 1.21 bits per heavy atom. The zero-order valence-corrected chi connectivity index (χ0v) is 10.9. The van der Waals surface area contributed by atoms with Crippen molar-refractivity contribution < 1.29 is 14.6 Å². The van der Waals surface area contributed by atoms with Crippen molar-refractivity contribution >= 4 is 5.69 Å². The number of hydrogen-bond acceptors (Lipinski definition) is 5. The van der Waals surface area contributed by atoms with Crippen LogP contribution in [-0.2, 0) is 6.61 Å². The summed E-state index contributed by atoms with van der Waals surface area (Å²) >= 11 is 0. The van der Waals surface area contributed by atoms with Crippen LogP contribution in [0, 0.1) is 6.92 Å². The number of aromatic nitrogens is 1. The van der Waals surface area contributed by atoms with Crippen LogP contribution in [0.3, 0.4) is 0 Å². The molecule has 0 aliphatic heterocycles. The number of nitrogen functional groups attached to an aromatic ring is 1. The third kappa shape index (κ3) is 2.95. The summed E-state index contributed by atoms with van der Waals surface area (Å²) in [5.41, 5.74) is 7.83. The summed E-state index contributed by atoms with van der Waals surface area (Å²) in [6, 6.07) is 8.74. The summed E-state index contributed by atoms with van der Waals surface area (Å²) < 4.78 is 10.9. The summed E-state index contributed by atoms with van der Waals surface area (Å²) in [4.78, 5) is 4.23. The Morgan fingerprint density at radius 3 is 2.68 bits per heavy atom. The number of ether oxygens (including phenoxy) is 2. The smallest absolute Gasteiger partial charge is 0.243 e. The fourth-order valence-electron chi connectivity index (χ4n) is 1.62. The summed E-state index contributed by atoms with van der Waals surface area (Å²) in [7, 11) is 1.54. The lowest BCUT2D eigenvalue weighted by Crippen LogP contribution is -1.98. The molecule has 0 fully saturated rings.